The van der Waals surface area contributed by atoms with Crippen molar-refractivity contribution in [2.45, 2.75) is 52.4 Å². The van der Waals surface area contributed by atoms with E-state index < -0.39 is 5.41 Å². The van der Waals surface area contributed by atoms with Gasteiger partial charge in [-0.15, -0.1) is 0 Å². The molecule has 0 aromatic heterocycles. The van der Waals surface area contributed by atoms with E-state index >= 15 is 0 Å². The predicted octanol–water partition coefficient (Wildman–Crippen LogP) is 2.62. The lowest BCUT2D eigenvalue weighted by molar-refractivity contribution is -0.129. The molecule has 16 heavy (non-hydrogen) atoms. The average molecular weight is 222 g/mol. The molecule has 1 aliphatic rings. The van der Waals surface area contributed by atoms with E-state index in [2.05, 4.69) is 25.2 Å². The van der Waals surface area contributed by atoms with E-state index in [-0.39, 0.29) is 5.91 Å². The van der Waals surface area contributed by atoms with Crippen LogP contribution >= 0.6 is 0 Å². The summed E-state index contributed by atoms with van der Waals surface area (Å²) in [7, 11) is 0. The molecule has 3 heteroatoms. The highest BCUT2D eigenvalue weighted by molar-refractivity contribution is 5.85. The maximum Gasteiger partial charge on any atom is 0.240 e. The first kappa shape index (κ1) is 13.0. The van der Waals surface area contributed by atoms with Gasteiger partial charge in [0.2, 0.25) is 5.91 Å². The molecule has 1 rings (SSSR count). The van der Waals surface area contributed by atoms with E-state index in [0.717, 1.165) is 38.5 Å². The van der Waals surface area contributed by atoms with Crippen molar-refractivity contribution in [3.05, 3.63) is 0 Å². The van der Waals surface area contributed by atoms with E-state index in [1.54, 1.807) is 0 Å². The second-order valence-electron chi connectivity index (χ2n) is 5.19. The van der Waals surface area contributed by atoms with E-state index in [1.165, 1.54) is 0 Å². The lowest BCUT2D eigenvalue weighted by atomic mass is 9.74. The van der Waals surface area contributed by atoms with Crippen LogP contribution in [0.15, 0.2) is 0 Å². The molecule has 90 valence electrons. The largest absolute Gasteiger partial charge is 0.355 e. The Labute approximate surface area is 98.2 Å². The lowest BCUT2D eigenvalue weighted by Crippen LogP contribution is -2.42. The highest BCUT2D eigenvalue weighted by Crippen LogP contribution is 2.35. The monoisotopic (exact) mass is 222 g/mol. The quantitative estimate of drug-likeness (QED) is 0.795. The molecule has 0 aromatic carbocycles. The molecule has 0 heterocycles. The van der Waals surface area contributed by atoms with Gasteiger partial charge >= 0.3 is 0 Å². The van der Waals surface area contributed by atoms with Gasteiger partial charge in [-0.25, -0.2) is 0 Å². The number of amides is 1. The molecule has 3 nitrogen and oxygen atoms in total. The van der Waals surface area contributed by atoms with Crippen molar-refractivity contribution < 1.29 is 4.79 Å². The normalized spacial score (nSPS) is 19.1. The average Bonchev–Trinajstić information content (AvgIpc) is 2.29. The van der Waals surface area contributed by atoms with Gasteiger partial charge in [-0.1, -0.05) is 33.1 Å². The summed E-state index contributed by atoms with van der Waals surface area (Å²) in [4.78, 5) is 12.0. The van der Waals surface area contributed by atoms with E-state index in [9.17, 15) is 10.1 Å². The van der Waals surface area contributed by atoms with Crippen LogP contribution in [0.4, 0.5) is 0 Å². The van der Waals surface area contributed by atoms with Gasteiger partial charge in [0, 0.05) is 6.54 Å². The molecule has 0 aliphatic heterocycles. The first-order valence-electron chi connectivity index (χ1n) is 6.30. The summed E-state index contributed by atoms with van der Waals surface area (Å²) in [6.07, 6.45) is 5.61. The summed E-state index contributed by atoms with van der Waals surface area (Å²) in [6, 6.07) is 2.24. The smallest absolute Gasteiger partial charge is 0.240 e. The Bertz CT molecular complexity index is 272. The standard InChI is InChI=1S/C13H22N2O/c1-11(2)6-9-15-12(16)13(10-14)7-4-3-5-8-13/h11H,3-9H2,1-2H3,(H,15,16). The first-order chi connectivity index (χ1) is 7.60. The molecule has 0 aromatic rings. The van der Waals surface area contributed by atoms with E-state index in [0.29, 0.717) is 12.5 Å². The van der Waals surface area contributed by atoms with Crippen molar-refractivity contribution in [3.63, 3.8) is 0 Å². The zero-order valence-corrected chi connectivity index (χ0v) is 10.4. The number of carbonyl (C=O) groups excluding carboxylic acids is 1. The fourth-order valence-corrected chi connectivity index (χ4v) is 2.19. The van der Waals surface area contributed by atoms with Crippen molar-refractivity contribution in [3.8, 4) is 6.07 Å². The molecule has 0 saturated heterocycles. The van der Waals surface area contributed by atoms with E-state index in [4.69, 9.17) is 0 Å². The number of carbonyl (C=O) groups is 1. The number of hydrogen-bond acceptors (Lipinski definition) is 2. The highest BCUT2D eigenvalue weighted by atomic mass is 16.2. The Hall–Kier alpha value is -1.04. The van der Waals surface area contributed by atoms with Crippen molar-refractivity contribution in [2.24, 2.45) is 11.3 Å². The van der Waals surface area contributed by atoms with Crippen LogP contribution < -0.4 is 5.32 Å². The Kier molecular flexibility index (Phi) is 4.79. The zero-order valence-electron chi connectivity index (χ0n) is 10.4. The Morgan fingerprint density at radius 2 is 2.00 bits per heavy atom. The fraction of sp³-hybridized carbons (Fsp3) is 0.846. The number of hydrogen-bond donors (Lipinski definition) is 1. The van der Waals surface area contributed by atoms with Crippen molar-refractivity contribution in [1.29, 1.82) is 5.26 Å². The number of nitrogens with one attached hydrogen (secondary N) is 1. The minimum absolute atomic E-state index is 0.0460. The van der Waals surface area contributed by atoms with Crippen molar-refractivity contribution in [1.82, 2.24) is 5.32 Å². The van der Waals surface area contributed by atoms with Gasteiger partial charge < -0.3 is 5.32 Å². The molecule has 1 fully saturated rings. The van der Waals surface area contributed by atoms with Crippen LogP contribution in [-0.2, 0) is 4.79 Å². The molecule has 1 aliphatic carbocycles. The molecule has 0 spiro atoms. The van der Waals surface area contributed by atoms with Crippen LogP contribution in [0.5, 0.6) is 0 Å². The van der Waals surface area contributed by atoms with Crippen LogP contribution in [-0.4, -0.2) is 12.5 Å². The SMILES string of the molecule is CC(C)CCNC(=O)C1(C#N)CCCCC1. The zero-order chi connectivity index (χ0) is 12.0. The van der Waals surface area contributed by atoms with Crippen LogP contribution in [0.25, 0.3) is 0 Å². The molecule has 0 unspecified atom stereocenters. The van der Waals surface area contributed by atoms with Crippen molar-refractivity contribution >= 4 is 5.91 Å². The van der Waals surface area contributed by atoms with E-state index in [1.807, 2.05) is 0 Å². The second-order valence-corrected chi connectivity index (χ2v) is 5.19. The Balaban J connectivity index is 2.46. The summed E-state index contributed by atoms with van der Waals surface area (Å²) < 4.78 is 0. The van der Waals surface area contributed by atoms with Crippen LogP contribution in [0.2, 0.25) is 0 Å². The predicted molar refractivity (Wildman–Crippen MR) is 63.6 cm³/mol. The first-order valence-corrected chi connectivity index (χ1v) is 6.30. The second kappa shape index (κ2) is 5.89. The Morgan fingerprint density at radius 1 is 1.38 bits per heavy atom. The maximum absolute atomic E-state index is 12.0. The summed E-state index contributed by atoms with van der Waals surface area (Å²) in [5, 5.41) is 12.1. The molecule has 0 atom stereocenters. The lowest BCUT2D eigenvalue weighted by Gasteiger charge is -2.29. The topological polar surface area (TPSA) is 52.9 Å². The number of nitrogens with zero attached hydrogens (tertiary/aromatic N) is 1. The minimum atomic E-state index is -0.727. The molecule has 0 bridgehead atoms. The molecular weight excluding hydrogens is 200 g/mol. The van der Waals surface area contributed by atoms with Crippen LogP contribution in [0.3, 0.4) is 0 Å². The molecule has 1 amide bonds. The minimum Gasteiger partial charge on any atom is -0.355 e. The van der Waals surface area contributed by atoms with Gasteiger partial charge in [-0.05, 0) is 25.2 Å². The highest BCUT2D eigenvalue weighted by Gasteiger charge is 2.39. The number of rotatable bonds is 4. The van der Waals surface area contributed by atoms with Crippen LogP contribution in [0, 0.1) is 22.7 Å². The third kappa shape index (κ3) is 3.23. The summed E-state index contributed by atoms with van der Waals surface area (Å²) in [5.74, 6) is 0.542. The Morgan fingerprint density at radius 3 is 2.50 bits per heavy atom. The number of nitriles is 1. The maximum atomic E-state index is 12.0. The summed E-state index contributed by atoms with van der Waals surface area (Å²) >= 11 is 0. The van der Waals surface area contributed by atoms with Gasteiger partial charge in [-0.3, -0.25) is 4.79 Å². The molecule has 1 saturated carbocycles. The van der Waals surface area contributed by atoms with Crippen molar-refractivity contribution in [2.75, 3.05) is 6.54 Å². The third-order valence-electron chi connectivity index (χ3n) is 3.36. The molecule has 0 radical (unpaired) electrons. The summed E-state index contributed by atoms with van der Waals surface area (Å²) in [6.45, 7) is 4.96. The van der Waals surface area contributed by atoms with Gasteiger partial charge in [0.15, 0.2) is 0 Å². The molecular formula is C13H22N2O. The van der Waals surface area contributed by atoms with Gasteiger partial charge in [-0.2, -0.15) is 5.26 Å². The summed E-state index contributed by atoms with van der Waals surface area (Å²) in [5.41, 5.74) is -0.727. The fourth-order valence-electron chi connectivity index (χ4n) is 2.19. The third-order valence-corrected chi connectivity index (χ3v) is 3.36. The van der Waals surface area contributed by atoms with Gasteiger partial charge in [0.1, 0.15) is 5.41 Å². The van der Waals surface area contributed by atoms with Gasteiger partial charge in [0.25, 0.3) is 0 Å². The van der Waals surface area contributed by atoms with Crippen LogP contribution in [0.1, 0.15) is 52.4 Å². The van der Waals surface area contributed by atoms with Gasteiger partial charge in [0.05, 0.1) is 6.07 Å². The molecule has 1 N–H and O–H groups in total.